The van der Waals surface area contributed by atoms with Crippen LogP contribution in [-0.2, 0) is 4.74 Å². The molecule has 0 aromatic heterocycles. The number of hydrogen-bond donors (Lipinski definition) is 1. The van der Waals surface area contributed by atoms with Gasteiger partial charge in [0.15, 0.2) is 0 Å². The van der Waals surface area contributed by atoms with Crippen LogP contribution in [0.4, 0.5) is 0 Å². The Morgan fingerprint density at radius 1 is 1.12 bits per heavy atom. The zero-order valence-electron chi connectivity index (χ0n) is 10.9. The molecule has 1 heterocycles. The van der Waals surface area contributed by atoms with Gasteiger partial charge in [-0.05, 0) is 56.9 Å². The number of hydrogen-bond acceptors (Lipinski definition) is 2. The van der Waals surface area contributed by atoms with E-state index in [1.54, 1.807) is 0 Å². The first kappa shape index (κ1) is 12.4. The third-order valence-corrected chi connectivity index (χ3v) is 4.75. The van der Waals surface area contributed by atoms with Gasteiger partial charge in [-0.15, -0.1) is 0 Å². The smallest absolute Gasteiger partial charge is 0.0585 e. The highest BCUT2D eigenvalue weighted by Crippen LogP contribution is 2.43. The average molecular weight is 225 g/mol. The van der Waals surface area contributed by atoms with Crippen molar-refractivity contribution in [1.29, 1.82) is 0 Å². The highest BCUT2D eigenvalue weighted by molar-refractivity contribution is 4.89. The lowest BCUT2D eigenvalue weighted by Crippen LogP contribution is -2.37. The molecule has 0 spiro atoms. The summed E-state index contributed by atoms with van der Waals surface area (Å²) in [6.07, 6.45) is 10.0. The minimum Gasteiger partial charge on any atom is -0.375 e. The molecule has 0 radical (unpaired) electrons. The fourth-order valence-corrected chi connectivity index (χ4v) is 3.38. The topological polar surface area (TPSA) is 35.2 Å². The summed E-state index contributed by atoms with van der Waals surface area (Å²) in [5.74, 6) is 0.906. The maximum Gasteiger partial charge on any atom is 0.0585 e. The molecule has 0 bridgehead atoms. The molecule has 2 N–H and O–H groups in total. The molecule has 2 aliphatic rings. The molecule has 1 aliphatic carbocycles. The van der Waals surface area contributed by atoms with E-state index < -0.39 is 0 Å². The molecule has 94 valence electrons. The van der Waals surface area contributed by atoms with E-state index in [0.29, 0.717) is 17.6 Å². The monoisotopic (exact) mass is 225 g/mol. The number of rotatable bonds is 3. The van der Waals surface area contributed by atoms with Gasteiger partial charge in [0, 0.05) is 0 Å². The van der Waals surface area contributed by atoms with E-state index in [2.05, 4.69) is 13.8 Å². The highest BCUT2D eigenvalue weighted by Gasteiger charge is 2.37. The molecule has 1 aliphatic heterocycles. The molecule has 0 amide bonds. The van der Waals surface area contributed by atoms with Gasteiger partial charge >= 0.3 is 0 Å². The first-order valence-corrected chi connectivity index (χ1v) is 6.99. The van der Waals surface area contributed by atoms with Gasteiger partial charge in [-0.1, -0.05) is 19.8 Å². The predicted octanol–water partition coefficient (Wildman–Crippen LogP) is 3.10. The Balaban J connectivity index is 1.89. The Labute approximate surface area is 99.9 Å². The quantitative estimate of drug-likeness (QED) is 0.801. The molecule has 2 heteroatoms. The second-order valence-corrected chi connectivity index (χ2v) is 6.24. The molecule has 0 aromatic carbocycles. The van der Waals surface area contributed by atoms with Crippen LogP contribution in [0.5, 0.6) is 0 Å². The molecule has 2 nitrogen and oxygen atoms in total. The van der Waals surface area contributed by atoms with Crippen molar-refractivity contribution < 1.29 is 4.74 Å². The zero-order valence-corrected chi connectivity index (χ0v) is 10.9. The van der Waals surface area contributed by atoms with Gasteiger partial charge < -0.3 is 10.5 Å². The summed E-state index contributed by atoms with van der Waals surface area (Å²) < 4.78 is 5.96. The molecular formula is C14H27NO. The van der Waals surface area contributed by atoms with Crippen LogP contribution < -0.4 is 5.73 Å². The Morgan fingerprint density at radius 3 is 2.31 bits per heavy atom. The van der Waals surface area contributed by atoms with Crippen LogP contribution in [-0.4, -0.2) is 18.8 Å². The summed E-state index contributed by atoms with van der Waals surface area (Å²) in [6.45, 7) is 5.42. The minimum absolute atomic E-state index is 0.404. The molecule has 2 fully saturated rings. The fourth-order valence-electron chi connectivity index (χ4n) is 3.38. The number of ether oxygens (including phenoxy) is 1. The summed E-state index contributed by atoms with van der Waals surface area (Å²) in [6, 6.07) is 0. The molecule has 2 unspecified atom stereocenters. The first-order valence-electron chi connectivity index (χ1n) is 6.99. The van der Waals surface area contributed by atoms with Gasteiger partial charge in [0.1, 0.15) is 0 Å². The molecule has 16 heavy (non-hydrogen) atoms. The zero-order chi connectivity index (χ0) is 11.6. The van der Waals surface area contributed by atoms with Crippen LogP contribution >= 0.6 is 0 Å². The standard InChI is InChI=1S/C14H27NO/c1-11-5-7-14(10-15,8-6-11)9-13-4-3-12(2)16-13/h11-13H,3-10,15H2,1-2H3. The van der Waals surface area contributed by atoms with Gasteiger partial charge in [0.25, 0.3) is 0 Å². The summed E-state index contributed by atoms with van der Waals surface area (Å²) in [4.78, 5) is 0. The van der Waals surface area contributed by atoms with Crippen LogP contribution in [0.15, 0.2) is 0 Å². The van der Waals surface area contributed by atoms with Crippen LogP contribution in [0.2, 0.25) is 0 Å². The second kappa shape index (κ2) is 5.05. The third-order valence-electron chi connectivity index (χ3n) is 4.75. The van der Waals surface area contributed by atoms with Crippen molar-refractivity contribution in [3.63, 3.8) is 0 Å². The minimum atomic E-state index is 0.404. The molecule has 1 saturated carbocycles. The van der Waals surface area contributed by atoms with E-state index in [0.717, 1.165) is 12.5 Å². The van der Waals surface area contributed by atoms with Crippen molar-refractivity contribution in [1.82, 2.24) is 0 Å². The Hall–Kier alpha value is -0.0800. The summed E-state index contributed by atoms with van der Waals surface area (Å²) in [5.41, 5.74) is 6.44. The van der Waals surface area contributed by atoms with Gasteiger partial charge in [-0.25, -0.2) is 0 Å². The van der Waals surface area contributed by atoms with Crippen molar-refractivity contribution in [2.24, 2.45) is 17.1 Å². The van der Waals surface area contributed by atoms with E-state index >= 15 is 0 Å². The van der Waals surface area contributed by atoms with Crippen LogP contribution in [0.1, 0.15) is 58.8 Å². The van der Waals surface area contributed by atoms with Crippen LogP contribution in [0, 0.1) is 11.3 Å². The maximum atomic E-state index is 6.04. The maximum absolute atomic E-state index is 6.04. The van der Waals surface area contributed by atoms with Crippen molar-refractivity contribution in [2.75, 3.05) is 6.54 Å². The lowest BCUT2D eigenvalue weighted by atomic mass is 9.68. The first-order chi connectivity index (χ1) is 7.63. The van der Waals surface area contributed by atoms with Gasteiger partial charge in [0.05, 0.1) is 12.2 Å². The highest BCUT2D eigenvalue weighted by atomic mass is 16.5. The van der Waals surface area contributed by atoms with Crippen molar-refractivity contribution in [3.8, 4) is 0 Å². The van der Waals surface area contributed by atoms with Gasteiger partial charge in [-0.2, -0.15) is 0 Å². The number of nitrogens with two attached hydrogens (primary N) is 1. The van der Waals surface area contributed by atoms with Gasteiger partial charge in [-0.3, -0.25) is 0 Å². The average Bonchev–Trinajstić information content (AvgIpc) is 2.68. The van der Waals surface area contributed by atoms with Crippen LogP contribution in [0.3, 0.4) is 0 Å². The Bertz CT molecular complexity index is 221. The van der Waals surface area contributed by atoms with E-state index in [9.17, 15) is 0 Å². The fraction of sp³-hybridized carbons (Fsp3) is 1.00. The molecule has 2 atom stereocenters. The normalized spacial score (nSPS) is 44.8. The summed E-state index contributed by atoms with van der Waals surface area (Å²) in [7, 11) is 0. The summed E-state index contributed by atoms with van der Waals surface area (Å²) in [5, 5.41) is 0. The molecule has 1 saturated heterocycles. The van der Waals surface area contributed by atoms with E-state index in [1.807, 2.05) is 0 Å². The largest absolute Gasteiger partial charge is 0.375 e. The Kier molecular flexibility index (Phi) is 3.91. The molecule has 2 rings (SSSR count). The van der Waals surface area contributed by atoms with E-state index in [4.69, 9.17) is 10.5 Å². The lowest BCUT2D eigenvalue weighted by Gasteiger charge is -2.40. The molecular weight excluding hydrogens is 198 g/mol. The van der Waals surface area contributed by atoms with E-state index in [-0.39, 0.29) is 0 Å². The molecule has 0 aromatic rings. The van der Waals surface area contributed by atoms with Crippen molar-refractivity contribution in [3.05, 3.63) is 0 Å². The second-order valence-electron chi connectivity index (χ2n) is 6.24. The predicted molar refractivity (Wildman–Crippen MR) is 67.3 cm³/mol. The summed E-state index contributed by atoms with van der Waals surface area (Å²) >= 11 is 0. The van der Waals surface area contributed by atoms with Crippen LogP contribution in [0.25, 0.3) is 0 Å². The lowest BCUT2D eigenvalue weighted by molar-refractivity contribution is 0.00925. The van der Waals surface area contributed by atoms with Crippen molar-refractivity contribution in [2.45, 2.75) is 71.0 Å². The van der Waals surface area contributed by atoms with E-state index in [1.165, 1.54) is 44.9 Å². The third kappa shape index (κ3) is 2.78. The Morgan fingerprint density at radius 2 is 1.81 bits per heavy atom. The van der Waals surface area contributed by atoms with Gasteiger partial charge in [0.2, 0.25) is 0 Å². The SMILES string of the molecule is CC1CCC(CN)(CC2CCC(C)O2)CC1. The van der Waals surface area contributed by atoms with Crippen molar-refractivity contribution >= 4 is 0 Å².